The van der Waals surface area contributed by atoms with Crippen LogP contribution in [0, 0.1) is 5.82 Å². The molecule has 2 nitrogen and oxygen atoms in total. The number of nitrogens with zero attached hydrogens (tertiary/aromatic N) is 1. The Balaban J connectivity index is 3.16. The number of para-hydroxylation sites is 1. The number of aliphatic hydroxyl groups excluding tert-OH is 1. The maximum atomic E-state index is 13.8. The number of rotatable bonds is 5. The van der Waals surface area contributed by atoms with E-state index in [0.29, 0.717) is 11.3 Å². The Labute approximate surface area is 96.7 Å². The molecule has 0 spiro atoms. The Kier molecular flexibility index (Phi) is 4.74. The van der Waals surface area contributed by atoms with E-state index in [4.69, 9.17) is 0 Å². The van der Waals surface area contributed by atoms with Crippen LogP contribution >= 0.6 is 0 Å². The van der Waals surface area contributed by atoms with E-state index >= 15 is 0 Å². The molecule has 1 rings (SSSR count). The molecule has 3 heteroatoms. The van der Waals surface area contributed by atoms with Gasteiger partial charge < -0.3 is 10.0 Å². The lowest BCUT2D eigenvalue weighted by Crippen LogP contribution is -2.33. The molecule has 0 aliphatic rings. The Morgan fingerprint density at radius 1 is 1.38 bits per heavy atom. The first kappa shape index (κ1) is 13.0. The van der Waals surface area contributed by atoms with Crippen molar-refractivity contribution in [2.24, 2.45) is 0 Å². The van der Waals surface area contributed by atoms with Crippen LogP contribution in [0.3, 0.4) is 0 Å². The molecule has 1 aromatic rings. The minimum absolute atomic E-state index is 0.125. The molecule has 0 radical (unpaired) electrons. The number of hydrogen-bond donors (Lipinski definition) is 1. The average Bonchev–Trinajstić information content (AvgIpc) is 2.26. The Morgan fingerprint density at radius 2 is 2.06 bits per heavy atom. The summed E-state index contributed by atoms with van der Waals surface area (Å²) >= 11 is 0. The van der Waals surface area contributed by atoms with Gasteiger partial charge >= 0.3 is 0 Å². The molecule has 1 aromatic carbocycles. The van der Waals surface area contributed by atoms with Gasteiger partial charge in [-0.3, -0.25) is 0 Å². The first-order valence-corrected chi connectivity index (χ1v) is 5.76. The molecule has 0 bridgehead atoms. The predicted molar refractivity (Wildman–Crippen MR) is 65.1 cm³/mol. The monoisotopic (exact) mass is 225 g/mol. The fourth-order valence-corrected chi connectivity index (χ4v) is 1.88. The third kappa shape index (κ3) is 2.73. The lowest BCUT2D eigenvalue weighted by Gasteiger charge is -2.30. The summed E-state index contributed by atoms with van der Waals surface area (Å²) < 4.78 is 13.8. The minimum Gasteiger partial charge on any atom is -0.392 e. The topological polar surface area (TPSA) is 23.5 Å². The van der Waals surface area contributed by atoms with Crippen LogP contribution in [-0.4, -0.2) is 17.7 Å². The van der Waals surface area contributed by atoms with Gasteiger partial charge in [0.1, 0.15) is 5.82 Å². The van der Waals surface area contributed by atoms with Crippen LogP contribution in [0.4, 0.5) is 10.1 Å². The second kappa shape index (κ2) is 5.85. The predicted octanol–water partition coefficient (Wildman–Crippen LogP) is 2.94. The molecule has 0 atom stereocenters. The van der Waals surface area contributed by atoms with Gasteiger partial charge in [-0.2, -0.15) is 0 Å². The summed E-state index contributed by atoms with van der Waals surface area (Å²) in [6.07, 6.45) is 0.956. The smallest absolute Gasteiger partial charge is 0.146 e. The fourth-order valence-electron chi connectivity index (χ4n) is 1.88. The Morgan fingerprint density at radius 3 is 2.56 bits per heavy atom. The molecule has 0 aliphatic heterocycles. The summed E-state index contributed by atoms with van der Waals surface area (Å²) in [5, 5.41) is 9.25. The minimum atomic E-state index is -0.256. The molecule has 1 N–H and O–H groups in total. The van der Waals surface area contributed by atoms with Gasteiger partial charge in [0.2, 0.25) is 0 Å². The first-order chi connectivity index (χ1) is 7.61. The summed E-state index contributed by atoms with van der Waals surface area (Å²) in [5.74, 6) is -0.256. The SMILES string of the molecule is CCCN(c1c(F)cccc1CO)C(C)C. The normalized spacial score (nSPS) is 10.9. The van der Waals surface area contributed by atoms with Gasteiger partial charge in [-0.05, 0) is 26.3 Å². The fraction of sp³-hybridized carbons (Fsp3) is 0.538. The van der Waals surface area contributed by atoms with Crippen LogP contribution in [0.5, 0.6) is 0 Å². The first-order valence-electron chi connectivity index (χ1n) is 5.76. The molecule has 16 heavy (non-hydrogen) atoms. The van der Waals surface area contributed by atoms with Crippen LogP contribution in [0.25, 0.3) is 0 Å². The number of benzene rings is 1. The van der Waals surface area contributed by atoms with Crippen LogP contribution in [0.1, 0.15) is 32.8 Å². The summed E-state index contributed by atoms with van der Waals surface area (Å²) in [4.78, 5) is 2.00. The molecule has 90 valence electrons. The summed E-state index contributed by atoms with van der Waals surface area (Å²) in [6, 6.07) is 5.07. The maximum absolute atomic E-state index is 13.8. The molecule has 0 heterocycles. The van der Waals surface area contributed by atoms with Crippen molar-refractivity contribution in [1.82, 2.24) is 0 Å². The highest BCUT2D eigenvalue weighted by Gasteiger charge is 2.17. The van der Waals surface area contributed by atoms with Crippen molar-refractivity contribution in [3.63, 3.8) is 0 Å². The van der Waals surface area contributed by atoms with E-state index in [1.54, 1.807) is 12.1 Å². The highest BCUT2D eigenvalue weighted by Crippen LogP contribution is 2.26. The summed E-state index contributed by atoms with van der Waals surface area (Å²) in [5.41, 5.74) is 1.20. The third-order valence-corrected chi connectivity index (χ3v) is 2.62. The zero-order valence-electron chi connectivity index (χ0n) is 10.2. The van der Waals surface area contributed by atoms with Crippen molar-refractivity contribution in [1.29, 1.82) is 0 Å². The molecule has 0 unspecified atom stereocenters. The third-order valence-electron chi connectivity index (χ3n) is 2.62. The molecular formula is C13H20FNO. The van der Waals surface area contributed by atoms with Gasteiger partial charge in [0.25, 0.3) is 0 Å². The van der Waals surface area contributed by atoms with Gasteiger partial charge in [0.15, 0.2) is 0 Å². The van der Waals surface area contributed by atoms with Gasteiger partial charge in [-0.15, -0.1) is 0 Å². The largest absolute Gasteiger partial charge is 0.392 e. The van der Waals surface area contributed by atoms with E-state index in [9.17, 15) is 9.50 Å². The van der Waals surface area contributed by atoms with Crippen molar-refractivity contribution in [2.45, 2.75) is 39.8 Å². The summed E-state index contributed by atoms with van der Waals surface area (Å²) in [6.45, 7) is 6.80. The second-order valence-electron chi connectivity index (χ2n) is 4.19. The van der Waals surface area contributed by atoms with Crippen LogP contribution in [0.2, 0.25) is 0 Å². The van der Waals surface area contributed by atoms with E-state index in [2.05, 4.69) is 6.92 Å². The molecule has 0 saturated carbocycles. The van der Waals surface area contributed by atoms with E-state index < -0.39 is 0 Å². The summed E-state index contributed by atoms with van der Waals surface area (Å²) in [7, 11) is 0. The zero-order valence-corrected chi connectivity index (χ0v) is 10.2. The van der Waals surface area contributed by atoms with Crippen molar-refractivity contribution < 1.29 is 9.50 Å². The lowest BCUT2D eigenvalue weighted by molar-refractivity contribution is 0.281. The lowest BCUT2D eigenvalue weighted by atomic mass is 10.1. The van der Waals surface area contributed by atoms with Crippen LogP contribution < -0.4 is 4.90 Å². The highest BCUT2D eigenvalue weighted by molar-refractivity contribution is 5.55. The van der Waals surface area contributed by atoms with Gasteiger partial charge in [-0.25, -0.2) is 4.39 Å². The molecule has 0 aromatic heterocycles. The van der Waals surface area contributed by atoms with E-state index in [1.807, 2.05) is 18.7 Å². The van der Waals surface area contributed by atoms with Crippen molar-refractivity contribution in [3.8, 4) is 0 Å². The van der Waals surface area contributed by atoms with E-state index in [1.165, 1.54) is 6.07 Å². The van der Waals surface area contributed by atoms with E-state index in [0.717, 1.165) is 13.0 Å². The van der Waals surface area contributed by atoms with Gasteiger partial charge in [-0.1, -0.05) is 19.1 Å². The average molecular weight is 225 g/mol. The molecule has 0 saturated heterocycles. The number of anilines is 1. The van der Waals surface area contributed by atoms with E-state index in [-0.39, 0.29) is 18.5 Å². The van der Waals surface area contributed by atoms with Crippen molar-refractivity contribution >= 4 is 5.69 Å². The Bertz CT molecular complexity index is 339. The molecule has 0 aliphatic carbocycles. The molecular weight excluding hydrogens is 205 g/mol. The van der Waals surface area contributed by atoms with Gasteiger partial charge in [0, 0.05) is 18.2 Å². The number of hydrogen-bond acceptors (Lipinski definition) is 2. The maximum Gasteiger partial charge on any atom is 0.146 e. The molecule has 0 fully saturated rings. The number of aliphatic hydroxyl groups is 1. The van der Waals surface area contributed by atoms with Crippen LogP contribution in [-0.2, 0) is 6.61 Å². The Hall–Kier alpha value is -1.09. The van der Waals surface area contributed by atoms with Gasteiger partial charge in [0.05, 0.1) is 12.3 Å². The highest BCUT2D eigenvalue weighted by atomic mass is 19.1. The zero-order chi connectivity index (χ0) is 12.1. The van der Waals surface area contributed by atoms with Crippen molar-refractivity contribution in [3.05, 3.63) is 29.6 Å². The quantitative estimate of drug-likeness (QED) is 0.832. The van der Waals surface area contributed by atoms with Crippen molar-refractivity contribution in [2.75, 3.05) is 11.4 Å². The standard InChI is InChI=1S/C13H20FNO/c1-4-8-15(10(2)3)13-11(9-16)6-5-7-12(13)14/h5-7,10,16H,4,8-9H2,1-3H3. The number of halogens is 1. The van der Waals surface area contributed by atoms with Crippen LogP contribution in [0.15, 0.2) is 18.2 Å². The second-order valence-corrected chi connectivity index (χ2v) is 4.19. The molecule has 0 amide bonds.